The molecule has 0 aliphatic rings. The second-order valence-electron chi connectivity index (χ2n) is 6.21. The lowest BCUT2D eigenvalue weighted by Gasteiger charge is -2.23. The van der Waals surface area contributed by atoms with E-state index in [1.54, 1.807) is 26.8 Å². The van der Waals surface area contributed by atoms with Gasteiger partial charge in [-0.25, -0.2) is 9.59 Å². The Balaban J connectivity index is 2.29. The topological polar surface area (TPSA) is 64.6 Å². The van der Waals surface area contributed by atoms with E-state index in [4.69, 9.17) is 9.47 Å². The van der Waals surface area contributed by atoms with Gasteiger partial charge in [-0.1, -0.05) is 36.4 Å². The van der Waals surface area contributed by atoms with Crippen LogP contribution in [0.1, 0.15) is 32.4 Å². The number of carbonyl (C=O) groups excluding carboxylic acids is 2. The van der Waals surface area contributed by atoms with Crippen molar-refractivity contribution in [1.82, 2.24) is 5.32 Å². The average molecular weight is 315 g/mol. The molecule has 1 unspecified atom stereocenters. The summed E-state index contributed by atoms with van der Waals surface area (Å²) in [5, 5.41) is 4.60. The summed E-state index contributed by atoms with van der Waals surface area (Å²) >= 11 is 0. The Labute approximate surface area is 135 Å². The molecule has 1 atom stereocenters. The summed E-state index contributed by atoms with van der Waals surface area (Å²) in [5.41, 5.74) is -0.00451. The van der Waals surface area contributed by atoms with Crippen LogP contribution in [0.5, 0.6) is 0 Å². The Morgan fingerprint density at radius 3 is 2.30 bits per heavy atom. The van der Waals surface area contributed by atoms with Crippen LogP contribution >= 0.6 is 0 Å². The van der Waals surface area contributed by atoms with Gasteiger partial charge in [0, 0.05) is 0 Å². The maximum Gasteiger partial charge on any atom is 0.408 e. The van der Waals surface area contributed by atoms with Crippen molar-refractivity contribution in [3.05, 3.63) is 48.0 Å². The number of alkyl carbamates (subject to hydrolysis) is 1. The highest BCUT2D eigenvalue weighted by molar-refractivity contribution is 5.87. The molecule has 0 bridgehead atoms. The van der Waals surface area contributed by atoms with Crippen LogP contribution in [0.2, 0.25) is 0 Å². The number of nitrogens with one attached hydrogen (secondary N) is 1. The Morgan fingerprint density at radius 1 is 1.04 bits per heavy atom. The minimum atomic E-state index is -0.917. The Hall–Kier alpha value is -2.56. The smallest absolute Gasteiger partial charge is 0.408 e. The van der Waals surface area contributed by atoms with Gasteiger partial charge in [0.2, 0.25) is 0 Å². The Morgan fingerprint density at radius 2 is 1.70 bits per heavy atom. The van der Waals surface area contributed by atoms with Crippen molar-refractivity contribution in [3.8, 4) is 0 Å². The summed E-state index contributed by atoms with van der Waals surface area (Å²) in [4.78, 5) is 24.0. The van der Waals surface area contributed by atoms with Gasteiger partial charge >= 0.3 is 12.1 Å². The first-order valence-electron chi connectivity index (χ1n) is 7.36. The van der Waals surface area contributed by atoms with Crippen molar-refractivity contribution < 1.29 is 19.1 Å². The molecule has 0 aliphatic heterocycles. The van der Waals surface area contributed by atoms with Crippen molar-refractivity contribution in [3.63, 3.8) is 0 Å². The number of amides is 1. The van der Waals surface area contributed by atoms with E-state index in [9.17, 15) is 9.59 Å². The van der Waals surface area contributed by atoms with E-state index < -0.39 is 23.7 Å². The summed E-state index contributed by atoms with van der Waals surface area (Å²) in [6, 6.07) is 12.4. The molecule has 0 aromatic heterocycles. The quantitative estimate of drug-likeness (QED) is 0.879. The van der Waals surface area contributed by atoms with Gasteiger partial charge in [-0.15, -0.1) is 0 Å². The maximum absolute atomic E-state index is 12.1. The lowest BCUT2D eigenvalue weighted by Crippen LogP contribution is -2.38. The fraction of sp³-hybridized carbons (Fsp3) is 0.333. The first kappa shape index (κ1) is 16.8. The molecule has 5 nitrogen and oxygen atoms in total. The van der Waals surface area contributed by atoms with Gasteiger partial charge in [-0.2, -0.15) is 0 Å². The van der Waals surface area contributed by atoms with Gasteiger partial charge in [0.05, 0.1) is 7.11 Å². The predicted octanol–water partition coefficient (Wildman–Crippen LogP) is 3.58. The zero-order chi connectivity index (χ0) is 17.0. The lowest BCUT2D eigenvalue weighted by atomic mass is 10.0. The van der Waals surface area contributed by atoms with Crippen molar-refractivity contribution in [2.24, 2.45) is 0 Å². The number of hydrogen-bond donors (Lipinski definition) is 1. The lowest BCUT2D eigenvalue weighted by molar-refractivity contribution is -0.143. The number of hydrogen-bond acceptors (Lipinski definition) is 4. The minimum Gasteiger partial charge on any atom is -0.467 e. The van der Waals surface area contributed by atoms with E-state index in [0.29, 0.717) is 5.56 Å². The summed E-state index contributed by atoms with van der Waals surface area (Å²) in [6.45, 7) is 5.28. The summed E-state index contributed by atoms with van der Waals surface area (Å²) < 4.78 is 10.0. The maximum atomic E-state index is 12.1. The van der Waals surface area contributed by atoms with E-state index in [1.807, 2.05) is 36.4 Å². The van der Waals surface area contributed by atoms with Crippen LogP contribution in [0.4, 0.5) is 4.79 Å². The van der Waals surface area contributed by atoms with E-state index in [2.05, 4.69) is 5.32 Å². The highest BCUT2D eigenvalue weighted by Crippen LogP contribution is 2.22. The fourth-order valence-corrected chi connectivity index (χ4v) is 2.21. The second-order valence-corrected chi connectivity index (χ2v) is 6.21. The zero-order valence-electron chi connectivity index (χ0n) is 13.8. The molecular weight excluding hydrogens is 294 g/mol. The number of fused-ring (bicyclic) bond motifs is 1. The molecule has 122 valence electrons. The Bertz CT molecular complexity index is 718. The molecule has 0 radical (unpaired) electrons. The molecule has 0 saturated carbocycles. The number of ether oxygens (including phenoxy) is 2. The van der Waals surface area contributed by atoms with Crippen LogP contribution in [0.15, 0.2) is 42.5 Å². The highest BCUT2D eigenvalue weighted by Gasteiger charge is 2.26. The van der Waals surface area contributed by atoms with Crippen molar-refractivity contribution >= 4 is 22.8 Å². The first-order valence-corrected chi connectivity index (χ1v) is 7.36. The number of rotatable bonds is 3. The number of methoxy groups -OCH3 is 1. The molecule has 0 aliphatic carbocycles. The largest absolute Gasteiger partial charge is 0.467 e. The third-order valence-electron chi connectivity index (χ3n) is 3.20. The van der Waals surface area contributed by atoms with Crippen molar-refractivity contribution in [2.75, 3.05) is 7.11 Å². The molecule has 2 aromatic carbocycles. The standard InChI is InChI=1S/C18H21NO4/c1-18(2,3)23-17(21)19-15(16(20)22-4)14-10-9-12-7-5-6-8-13(12)11-14/h5-11,15H,1-4H3,(H,19,21). The highest BCUT2D eigenvalue weighted by atomic mass is 16.6. The SMILES string of the molecule is COC(=O)C(NC(=O)OC(C)(C)C)c1ccc2ccccc2c1. The van der Waals surface area contributed by atoms with Crippen molar-refractivity contribution in [1.29, 1.82) is 0 Å². The van der Waals surface area contributed by atoms with Crippen LogP contribution in [0, 0.1) is 0 Å². The van der Waals surface area contributed by atoms with Crippen LogP contribution < -0.4 is 5.32 Å². The molecule has 0 spiro atoms. The Kier molecular flexibility index (Phi) is 4.89. The molecule has 0 saturated heterocycles. The molecule has 5 heteroatoms. The molecule has 0 fully saturated rings. The second kappa shape index (κ2) is 6.69. The van der Waals surface area contributed by atoms with E-state index in [1.165, 1.54) is 7.11 Å². The normalized spacial score (nSPS) is 12.5. The minimum absolute atomic E-state index is 0.550. The van der Waals surface area contributed by atoms with E-state index in [0.717, 1.165) is 10.8 Å². The van der Waals surface area contributed by atoms with Gasteiger partial charge < -0.3 is 14.8 Å². The molecular formula is C18H21NO4. The zero-order valence-corrected chi connectivity index (χ0v) is 13.8. The summed E-state index contributed by atoms with van der Waals surface area (Å²) in [6.07, 6.45) is -0.666. The van der Waals surface area contributed by atoms with Crippen molar-refractivity contribution in [2.45, 2.75) is 32.4 Å². The van der Waals surface area contributed by atoms with Gasteiger partial charge in [0.15, 0.2) is 6.04 Å². The first-order chi connectivity index (χ1) is 10.8. The molecule has 2 rings (SSSR count). The van der Waals surface area contributed by atoms with Gasteiger partial charge in [-0.3, -0.25) is 0 Å². The monoisotopic (exact) mass is 315 g/mol. The number of esters is 1. The number of carbonyl (C=O) groups is 2. The third-order valence-corrected chi connectivity index (χ3v) is 3.20. The van der Waals surface area contributed by atoms with E-state index in [-0.39, 0.29) is 0 Å². The molecule has 0 heterocycles. The van der Waals surface area contributed by atoms with Gasteiger partial charge in [0.25, 0.3) is 0 Å². The molecule has 1 N–H and O–H groups in total. The van der Waals surface area contributed by atoms with Crippen LogP contribution in [-0.4, -0.2) is 24.8 Å². The summed E-state index contributed by atoms with van der Waals surface area (Å²) in [7, 11) is 1.28. The van der Waals surface area contributed by atoms with Gasteiger partial charge in [0.1, 0.15) is 5.60 Å². The van der Waals surface area contributed by atoms with Crippen LogP contribution in [0.3, 0.4) is 0 Å². The molecule has 23 heavy (non-hydrogen) atoms. The van der Waals surface area contributed by atoms with Gasteiger partial charge in [-0.05, 0) is 43.2 Å². The fourth-order valence-electron chi connectivity index (χ4n) is 2.21. The molecule has 2 aromatic rings. The summed E-state index contributed by atoms with van der Waals surface area (Å²) in [5.74, 6) is -0.550. The van der Waals surface area contributed by atoms with Crippen LogP contribution in [-0.2, 0) is 14.3 Å². The third kappa shape index (κ3) is 4.45. The predicted molar refractivity (Wildman–Crippen MR) is 88.1 cm³/mol. The number of benzene rings is 2. The average Bonchev–Trinajstić information content (AvgIpc) is 2.49. The van der Waals surface area contributed by atoms with E-state index >= 15 is 0 Å². The molecule has 1 amide bonds. The van der Waals surface area contributed by atoms with Crippen LogP contribution in [0.25, 0.3) is 10.8 Å².